The molecule has 2 nitrogen and oxygen atoms in total. The van der Waals surface area contributed by atoms with Crippen LogP contribution < -0.4 is 5.73 Å². The lowest BCUT2D eigenvalue weighted by atomic mass is 9.84. The van der Waals surface area contributed by atoms with Gasteiger partial charge in [0.15, 0.2) is 0 Å². The smallest absolute Gasteiger partial charge is 0.135 e. The van der Waals surface area contributed by atoms with Gasteiger partial charge in [-0.2, -0.15) is 0 Å². The Hall–Kier alpha value is -0.150. The van der Waals surface area contributed by atoms with E-state index in [1.165, 1.54) is 0 Å². The van der Waals surface area contributed by atoms with Gasteiger partial charge in [-0.1, -0.05) is 0 Å². The molecule has 0 spiro atoms. The summed E-state index contributed by atoms with van der Waals surface area (Å²) in [7, 11) is 0. The molecule has 1 aliphatic carbocycles. The molecule has 0 aromatic carbocycles. The molecule has 0 aliphatic heterocycles. The van der Waals surface area contributed by atoms with Gasteiger partial charge in [-0.25, -0.2) is 4.39 Å². The maximum Gasteiger partial charge on any atom is 0.135 e. The summed E-state index contributed by atoms with van der Waals surface area (Å²) < 4.78 is 18.9. The van der Waals surface area contributed by atoms with Gasteiger partial charge in [-0.15, -0.1) is 0 Å². The summed E-state index contributed by atoms with van der Waals surface area (Å²) >= 11 is 0. The lowest BCUT2D eigenvalue weighted by Crippen LogP contribution is -2.41. The molecule has 0 amide bonds. The molecule has 3 heteroatoms. The normalized spacial score (nSPS) is 36.8. The third kappa shape index (κ3) is 2.72. The van der Waals surface area contributed by atoms with Gasteiger partial charge < -0.3 is 10.5 Å². The van der Waals surface area contributed by atoms with Crippen molar-refractivity contribution >= 4 is 0 Å². The summed E-state index contributed by atoms with van der Waals surface area (Å²) in [4.78, 5) is 0. The molecule has 0 aromatic rings. The highest BCUT2D eigenvalue weighted by Crippen LogP contribution is 2.31. The van der Waals surface area contributed by atoms with Crippen molar-refractivity contribution in [3.05, 3.63) is 0 Å². The molecule has 1 rings (SSSR count). The molecule has 12 heavy (non-hydrogen) atoms. The summed E-state index contributed by atoms with van der Waals surface area (Å²) in [5.74, 6) is 0. The van der Waals surface area contributed by atoms with Crippen LogP contribution in [0.4, 0.5) is 4.39 Å². The van der Waals surface area contributed by atoms with E-state index < -0.39 is 5.67 Å². The predicted octanol–water partition coefficient (Wildman–Crippen LogP) is 1.63. The van der Waals surface area contributed by atoms with Crippen molar-refractivity contribution in [2.45, 2.75) is 44.3 Å². The molecule has 2 unspecified atom stereocenters. The Morgan fingerprint density at radius 2 is 2.42 bits per heavy atom. The highest BCUT2D eigenvalue weighted by molar-refractivity contribution is 4.88. The van der Waals surface area contributed by atoms with Crippen molar-refractivity contribution in [3.63, 3.8) is 0 Å². The lowest BCUT2D eigenvalue weighted by Gasteiger charge is -2.32. The van der Waals surface area contributed by atoms with E-state index in [4.69, 9.17) is 10.5 Å². The topological polar surface area (TPSA) is 35.2 Å². The highest BCUT2D eigenvalue weighted by Gasteiger charge is 2.35. The minimum atomic E-state index is -1.15. The van der Waals surface area contributed by atoms with Gasteiger partial charge in [0.25, 0.3) is 0 Å². The maximum absolute atomic E-state index is 13.8. The first-order chi connectivity index (χ1) is 5.66. The molecule has 1 fully saturated rings. The van der Waals surface area contributed by atoms with Crippen LogP contribution in [0.2, 0.25) is 0 Å². The van der Waals surface area contributed by atoms with Crippen LogP contribution in [0.15, 0.2) is 0 Å². The molecule has 1 saturated carbocycles. The van der Waals surface area contributed by atoms with Crippen molar-refractivity contribution in [2.24, 2.45) is 5.73 Å². The van der Waals surface area contributed by atoms with Gasteiger partial charge in [0.1, 0.15) is 5.67 Å². The number of hydrogen-bond donors (Lipinski definition) is 1. The molecule has 72 valence electrons. The van der Waals surface area contributed by atoms with E-state index in [0.717, 1.165) is 12.8 Å². The molecular formula is C9H18FNO. The zero-order valence-corrected chi connectivity index (χ0v) is 7.68. The number of halogens is 1. The van der Waals surface area contributed by atoms with Crippen LogP contribution in [0.5, 0.6) is 0 Å². The zero-order valence-electron chi connectivity index (χ0n) is 7.68. The number of ether oxygens (including phenoxy) is 1. The molecule has 2 N–H and O–H groups in total. The monoisotopic (exact) mass is 175 g/mol. The van der Waals surface area contributed by atoms with E-state index in [1.54, 1.807) is 0 Å². The van der Waals surface area contributed by atoms with Crippen molar-refractivity contribution in [3.8, 4) is 0 Å². The fraction of sp³-hybridized carbons (Fsp3) is 1.00. The first-order valence-electron chi connectivity index (χ1n) is 4.68. The molecular weight excluding hydrogens is 157 g/mol. The van der Waals surface area contributed by atoms with Crippen molar-refractivity contribution < 1.29 is 9.13 Å². The van der Waals surface area contributed by atoms with Crippen LogP contribution in [0.1, 0.15) is 32.6 Å². The quantitative estimate of drug-likeness (QED) is 0.707. The summed E-state index contributed by atoms with van der Waals surface area (Å²) in [6, 6.07) is 0.0317. The molecule has 0 bridgehead atoms. The molecule has 0 aromatic heterocycles. The average Bonchev–Trinajstić information content (AvgIpc) is 2.01. The summed E-state index contributed by atoms with van der Waals surface area (Å²) in [6.45, 7) is 2.68. The Bertz CT molecular complexity index is 142. The van der Waals surface area contributed by atoms with Crippen LogP contribution in [0.25, 0.3) is 0 Å². The summed E-state index contributed by atoms with van der Waals surface area (Å²) in [5.41, 5.74) is 4.54. The maximum atomic E-state index is 13.8. The lowest BCUT2D eigenvalue weighted by molar-refractivity contribution is -0.00807. The second-order valence-corrected chi connectivity index (χ2v) is 3.64. The number of nitrogens with two attached hydrogens (primary N) is 1. The molecule has 0 heterocycles. The van der Waals surface area contributed by atoms with Gasteiger partial charge in [0.2, 0.25) is 0 Å². The standard InChI is InChI=1S/C9H18FNO/c1-2-12-7-9(10)5-3-4-8(11)6-9/h8H,2-7,11H2,1H3. The fourth-order valence-corrected chi connectivity index (χ4v) is 1.77. The predicted molar refractivity (Wildman–Crippen MR) is 46.8 cm³/mol. The van der Waals surface area contributed by atoms with Crippen LogP contribution in [0.3, 0.4) is 0 Å². The zero-order chi connectivity index (χ0) is 9.03. The average molecular weight is 175 g/mol. The van der Waals surface area contributed by atoms with Gasteiger partial charge in [0.05, 0.1) is 6.61 Å². The van der Waals surface area contributed by atoms with Gasteiger partial charge >= 0.3 is 0 Å². The van der Waals surface area contributed by atoms with Gasteiger partial charge in [0, 0.05) is 12.6 Å². The van der Waals surface area contributed by atoms with Crippen molar-refractivity contribution in [1.29, 1.82) is 0 Å². The van der Waals surface area contributed by atoms with Crippen LogP contribution in [0, 0.1) is 0 Å². The Kier molecular flexibility index (Phi) is 3.47. The molecule has 1 aliphatic rings. The van der Waals surface area contributed by atoms with Crippen molar-refractivity contribution in [1.82, 2.24) is 0 Å². The van der Waals surface area contributed by atoms with E-state index in [-0.39, 0.29) is 12.6 Å². The Labute approximate surface area is 73.3 Å². The van der Waals surface area contributed by atoms with E-state index in [2.05, 4.69) is 0 Å². The van der Waals surface area contributed by atoms with E-state index in [1.807, 2.05) is 6.92 Å². The first kappa shape index (κ1) is 9.93. The van der Waals surface area contributed by atoms with Crippen molar-refractivity contribution in [2.75, 3.05) is 13.2 Å². The highest BCUT2D eigenvalue weighted by atomic mass is 19.1. The van der Waals surface area contributed by atoms with Gasteiger partial charge in [-0.05, 0) is 32.6 Å². The number of hydrogen-bond acceptors (Lipinski definition) is 2. The summed E-state index contributed by atoms with van der Waals surface area (Å²) in [5, 5.41) is 0. The van der Waals surface area contributed by atoms with Gasteiger partial charge in [-0.3, -0.25) is 0 Å². The van der Waals surface area contributed by atoms with Crippen LogP contribution in [-0.2, 0) is 4.74 Å². The molecule has 0 radical (unpaired) electrons. The third-order valence-electron chi connectivity index (χ3n) is 2.39. The minimum absolute atomic E-state index is 0.0317. The largest absolute Gasteiger partial charge is 0.378 e. The second kappa shape index (κ2) is 4.19. The molecule has 0 saturated heterocycles. The van der Waals surface area contributed by atoms with E-state index >= 15 is 0 Å². The first-order valence-corrected chi connectivity index (χ1v) is 4.68. The van der Waals surface area contributed by atoms with E-state index in [0.29, 0.717) is 19.4 Å². The van der Waals surface area contributed by atoms with E-state index in [9.17, 15) is 4.39 Å². The SMILES string of the molecule is CCOCC1(F)CCCC(N)C1. The number of rotatable bonds is 3. The van der Waals surface area contributed by atoms with Crippen LogP contribution in [-0.4, -0.2) is 24.9 Å². The summed E-state index contributed by atoms with van der Waals surface area (Å²) in [6.07, 6.45) is 2.93. The Balaban J connectivity index is 2.35. The number of alkyl halides is 1. The Morgan fingerprint density at radius 1 is 1.67 bits per heavy atom. The Morgan fingerprint density at radius 3 is 3.00 bits per heavy atom. The van der Waals surface area contributed by atoms with Crippen LogP contribution >= 0.6 is 0 Å². The second-order valence-electron chi connectivity index (χ2n) is 3.64. The molecule has 2 atom stereocenters. The third-order valence-corrected chi connectivity index (χ3v) is 2.39. The minimum Gasteiger partial charge on any atom is -0.378 e. The fourth-order valence-electron chi connectivity index (χ4n) is 1.77.